The molecule has 2 atom stereocenters. The van der Waals surface area contributed by atoms with E-state index in [1.165, 1.54) is 23.7 Å². The van der Waals surface area contributed by atoms with Crippen LogP contribution in [0.2, 0.25) is 0 Å². The fourth-order valence-electron chi connectivity index (χ4n) is 4.25. The molecule has 3 heterocycles. The molecular formula is C19H25ClN4O2. The van der Waals surface area contributed by atoms with Crippen LogP contribution < -0.4 is 10.9 Å². The molecule has 2 aliphatic rings. The molecule has 2 unspecified atom stereocenters. The van der Waals surface area contributed by atoms with Gasteiger partial charge in [-0.2, -0.15) is 0 Å². The highest BCUT2D eigenvalue weighted by atomic mass is 35.5. The fourth-order valence-corrected chi connectivity index (χ4v) is 4.25. The number of nitrogens with zero attached hydrogens (tertiary/aromatic N) is 3. The second kappa shape index (κ2) is 7.37. The van der Waals surface area contributed by atoms with Crippen molar-refractivity contribution in [3.63, 3.8) is 0 Å². The maximum atomic E-state index is 12.7. The number of carbonyl (C=O) groups excluding carboxylic acids is 1. The van der Waals surface area contributed by atoms with Crippen molar-refractivity contribution >= 4 is 29.2 Å². The number of fused-ring (bicyclic) bond motifs is 3. The number of halogens is 1. The number of amides is 1. The number of benzene rings is 1. The van der Waals surface area contributed by atoms with Crippen molar-refractivity contribution in [2.24, 2.45) is 0 Å². The monoisotopic (exact) mass is 376 g/mol. The van der Waals surface area contributed by atoms with Crippen LogP contribution in [0.4, 0.5) is 0 Å². The highest BCUT2D eigenvalue weighted by molar-refractivity contribution is 5.85. The summed E-state index contributed by atoms with van der Waals surface area (Å²) in [5.74, 6) is -0.0257. The Labute approximate surface area is 159 Å². The molecule has 0 radical (unpaired) electrons. The van der Waals surface area contributed by atoms with Gasteiger partial charge in [-0.05, 0) is 44.2 Å². The van der Waals surface area contributed by atoms with Crippen molar-refractivity contribution in [3.8, 4) is 0 Å². The highest BCUT2D eigenvalue weighted by Gasteiger charge is 2.36. The van der Waals surface area contributed by atoms with E-state index in [0.717, 1.165) is 18.4 Å². The normalized spacial score (nSPS) is 24.3. The Morgan fingerprint density at radius 3 is 2.69 bits per heavy atom. The average Bonchev–Trinajstić information content (AvgIpc) is 2.95. The minimum Gasteiger partial charge on any atom is -0.341 e. The molecule has 1 amide bonds. The number of carbonyl (C=O) groups is 1. The third kappa shape index (κ3) is 3.35. The van der Waals surface area contributed by atoms with Gasteiger partial charge < -0.3 is 10.2 Å². The first-order valence-electron chi connectivity index (χ1n) is 8.99. The second-order valence-corrected chi connectivity index (χ2v) is 7.42. The zero-order valence-corrected chi connectivity index (χ0v) is 16.0. The number of aryl methyl sites for hydroxylation is 1. The predicted octanol–water partition coefficient (Wildman–Crippen LogP) is 1.87. The standard InChI is InChI=1S/C19H24N4O2.ClH/c1-12-4-3-5-16-18(12)20-11-23(19(16)25)10-17(24)22(2)15-8-13-6-7-14(9-15)21-13;/h3-5,11,13-15,21H,6-10H2,1-2H3;1H. The molecule has 4 rings (SSSR count). The van der Waals surface area contributed by atoms with Crippen molar-refractivity contribution in [2.45, 2.75) is 57.3 Å². The highest BCUT2D eigenvalue weighted by Crippen LogP contribution is 2.29. The lowest BCUT2D eigenvalue weighted by atomic mass is 9.98. The van der Waals surface area contributed by atoms with E-state index < -0.39 is 0 Å². The molecule has 2 bridgehead atoms. The molecule has 7 heteroatoms. The number of para-hydroxylation sites is 1. The first-order valence-corrected chi connectivity index (χ1v) is 8.99. The van der Waals surface area contributed by atoms with E-state index in [4.69, 9.17) is 0 Å². The van der Waals surface area contributed by atoms with Gasteiger partial charge in [-0.25, -0.2) is 4.98 Å². The van der Waals surface area contributed by atoms with Crippen LogP contribution in [0.15, 0.2) is 29.3 Å². The molecule has 1 aromatic heterocycles. The van der Waals surface area contributed by atoms with Gasteiger partial charge in [0, 0.05) is 25.2 Å². The summed E-state index contributed by atoms with van der Waals surface area (Å²) in [6, 6.07) is 6.89. The summed E-state index contributed by atoms with van der Waals surface area (Å²) in [5, 5.41) is 4.16. The van der Waals surface area contributed by atoms with E-state index >= 15 is 0 Å². The van der Waals surface area contributed by atoms with Gasteiger partial charge in [0.05, 0.1) is 17.2 Å². The molecule has 2 fully saturated rings. The molecule has 6 nitrogen and oxygen atoms in total. The molecule has 2 aliphatic heterocycles. The molecule has 0 saturated carbocycles. The summed E-state index contributed by atoms with van der Waals surface area (Å²) in [6.45, 7) is 1.98. The molecule has 2 saturated heterocycles. The van der Waals surface area contributed by atoms with E-state index in [0.29, 0.717) is 23.0 Å². The third-order valence-electron chi connectivity index (χ3n) is 5.75. The largest absolute Gasteiger partial charge is 0.341 e. The molecule has 1 aromatic carbocycles. The maximum Gasteiger partial charge on any atom is 0.261 e. The molecular weight excluding hydrogens is 352 g/mol. The molecule has 26 heavy (non-hydrogen) atoms. The first-order chi connectivity index (χ1) is 12.0. The van der Waals surface area contributed by atoms with E-state index in [2.05, 4.69) is 10.3 Å². The zero-order valence-electron chi connectivity index (χ0n) is 15.1. The summed E-state index contributed by atoms with van der Waals surface area (Å²) in [6.07, 6.45) is 5.91. The number of nitrogens with one attached hydrogen (secondary N) is 1. The van der Waals surface area contributed by atoms with Gasteiger partial charge in [0.25, 0.3) is 5.56 Å². The molecule has 0 spiro atoms. The quantitative estimate of drug-likeness (QED) is 0.888. The summed E-state index contributed by atoms with van der Waals surface area (Å²) >= 11 is 0. The van der Waals surface area contributed by atoms with Crippen molar-refractivity contribution in [1.82, 2.24) is 19.8 Å². The van der Waals surface area contributed by atoms with Gasteiger partial charge in [0.1, 0.15) is 6.54 Å². The first kappa shape index (κ1) is 18.9. The molecule has 1 N–H and O–H groups in total. The third-order valence-corrected chi connectivity index (χ3v) is 5.75. The van der Waals surface area contributed by atoms with E-state index in [-0.39, 0.29) is 36.5 Å². The topological polar surface area (TPSA) is 67.2 Å². The molecule has 2 aromatic rings. The van der Waals surface area contributed by atoms with Gasteiger partial charge >= 0.3 is 0 Å². The van der Waals surface area contributed by atoms with Crippen LogP contribution in [0.1, 0.15) is 31.2 Å². The lowest BCUT2D eigenvalue weighted by Gasteiger charge is -2.35. The predicted molar refractivity (Wildman–Crippen MR) is 104 cm³/mol. The summed E-state index contributed by atoms with van der Waals surface area (Å²) < 4.78 is 1.43. The SMILES string of the molecule is Cc1cccc2c(=O)n(CC(=O)N(C)C3CC4CCC(C3)N4)cnc12.Cl. The lowest BCUT2D eigenvalue weighted by molar-refractivity contribution is -0.133. The Bertz CT molecular complexity index is 869. The number of hydrogen-bond donors (Lipinski definition) is 1. The number of piperidine rings is 1. The van der Waals surface area contributed by atoms with Crippen LogP contribution in [0.3, 0.4) is 0 Å². The van der Waals surface area contributed by atoms with E-state index in [1.54, 1.807) is 6.07 Å². The van der Waals surface area contributed by atoms with Gasteiger partial charge in [0.15, 0.2) is 0 Å². The Balaban J connectivity index is 0.00000196. The van der Waals surface area contributed by atoms with Crippen molar-refractivity contribution in [3.05, 3.63) is 40.4 Å². The average molecular weight is 377 g/mol. The van der Waals surface area contributed by atoms with Crippen LogP contribution in [0.25, 0.3) is 10.9 Å². The minimum absolute atomic E-state index is 0. The summed E-state index contributed by atoms with van der Waals surface area (Å²) in [5.41, 5.74) is 1.52. The van der Waals surface area contributed by atoms with Crippen molar-refractivity contribution < 1.29 is 4.79 Å². The number of rotatable bonds is 3. The van der Waals surface area contributed by atoms with Crippen molar-refractivity contribution in [2.75, 3.05) is 7.05 Å². The second-order valence-electron chi connectivity index (χ2n) is 7.42. The number of aromatic nitrogens is 2. The van der Waals surface area contributed by atoms with Gasteiger partial charge in [-0.15, -0.1) is 12.4 Å². The van der Waals surface area contributed by atoms with Crippen LogP contribution in [-0.4, -0.2) is 45.5 Å². The van der Waals surface area contributed by atoms with E-state index in [9.17, 15) is 9.59 Å². The Morgan fingerprint density at radius 2 is 2.00 bits per heavy atom. The lowest BCUT2D eigenvalue weighted by Crippen LogP contribution is -2.49. The number of likely N-dealkylation sites (N-methyl/N-ethyl adjacent to an activating group) is 1. The van der Waals surface area contributed by atoms with Gasteiger partial charge in [-0.1, -0.05) is 12.1 Å². The van der Waals surface area contributed by atoms with E-state index in [1.807, 2.05) is 31.0 Å². The van der Waals surface area contributed by atoms with Crippen LogP contribution >= 0.6 is 12.4 Å². The summed E-state index contributed by atoms with van der Waals surface area (Å²) in [7, 11) is 1.86. The van der Waals surface area contributed by atoms with Crippen LogP contribution in [0, 0.1) is 6.92 Å². The van der Waals surface area contributed by atoms with Crippen molar-refractivity contribution in [1.29, 1.82) is 0 Å². The smallest absolute Gasteiger partial charge is 0.261 e. The van der Waals surface area contributed by atoms with Crippen LogP contribution in [-0.2, 0) is 11.3 Å². The Morgan fingerprint density at radius 1 is 1.31 bits per heavy atom. The van der Waals surface area contributed by atoms with Gasteiger partial charge in [-0.3, -0.25) is 14.2 Å². The van der Waals surface area contributed by atoms with Gasteiger partial charge in [0.2, 0.25) is 5.91 Å². The fraction of sp³-hybridized carbons (Fsp3) is 0.526. The maximum absolute atomic E-state index is 12.7. The Hall–Kier alpha value is -1.92. The molecule has 140 valence electrons. The van der Waals surface area contributed by atoms with Crippen LogP contribution in [0.5, 0.6) is 0 Å². The molecule has 0 aliphatic carbocycles. The Kier molecular flexibility index (Phi) is 5.34. The minimum atomic E-state index is -0.152. The summed E-state index contributed by atoms with van der Waals surface area (Å²) in [4.78, 5) is 31.6. The zero-order chi connectivity index (χ0) is 17.6. The number of hydrogen-bond acceptors (Lipinski definition) is 4.